The lowest BCUT2D eigenvalue weighted by molar-refractivity contribution is 0.411. The minimum atomic E-state index is 0.364. The number of likely N-dealkylation sites (N-methyl/N-ethyl adjacent to an activating group) is 1. The Morgan fingerprint density at radius 2 is 2.10 bits per heavy atom. The molecule has 20 heavy (non-hydrogen) atoms. The second kappa shape index (κ2) is 7.49. The number of aryl methyl sites for hydroxylation is 1. The normalized spacial score (nSPS) is 17.2. The van der Waals surface area contributed by atoms with Crippen molar-refractivity contribution in [3.63, 3.8) is 0 Å². The van der Waals surface area contributed by atoms with Crippen molar-refractivity contribution < 1.29 is 4.74 Å². The Morgan fingerprint density at radius 1 is 1.25 bits per heavy atom. The summed E-state index contributed by atoms with van der Waals surface area (Å²) in [6.07, 6.45) is 8.93. The van der Waals surface area contributed by atoms with Crippen LogP contribution in [0.5, 0.6) is 5.75 Å². The molecule has 0 heterocycles. The summed E-state index contributed by atoms with van der Waals surface area (Å²) in [5.74, 6) is 0.971. The first-order valence-electron chi connectivity index (χ1n) is 7.83. The summed E-state index contributed by atoms with van der Waals surface area (Å²) in [6, 6.07) is 6.91. The molecule has 0 fully saturated rings. The number of ether oxygens (including phenoxy) is 1. The highest BCUT2D eigenvalue weighted by molar-refractivity contribution is 5.40. The van der Waals surface area contributed by atoms with E-state index in [1.807, 2.05) is 0 Å². The van der Waals surface area contributed by atoms with Crippen molar-refractivity contribution in [2.24, 2.45) is 0 Å². The first kappa shape index (κ1) is 15.1. The Labute approximate surface area is 123 Å². The van der Waals surface area contributed by atoms with Crippen molar-refractivity contribution in [3.05, 3.63) is 41.0 Å². The molecule has 1 aliphatic carbocycles. The fraction of sp³-hybridized carbons (Fsp3) is 0.556. The average molecular weight is 273 g/mol. The number of hydrogen-bond donors (Lipinski definition) is 1. The first-order valence-corrected chi connectivity index (χ1v) is 7.83. The van der Waals surface area contributed by atoms with Crippen LogP contribution in [0.1, 0.15) is 56.2 Å². The van der Waals surface area contributed by atoms with Crippen LogP contribution >= 0.6 is 0 Å². The third kappa shape index (κ3) is 3.63. The van der Waals surface area contributed by atoms with E-state index in [1.165, 1.54) is 43.2 Å². The van der Waals surface area contributed by atoms with Crippen LogP contribution in [0.3, 0.4) is 0 Å². The molecule has 2 nitrogen and oxygen atoms in total. The Bertz CT molecular complexity index is 464. The van der Waals surface area contributed by atoms with Gasteiger partial charge in [0.15, 0.2) is 0 Å². The molecule has 1 atom stereocenters. The molecule has 1 N–H and O–H groups in total. The minimum absolute atomic E-state index is 0.364. The monoisotopic (exact) mass is 273 g/mol. The smallest absolute Gasteiger partial charge is 0.121 e. The second-order valence-corrected chi connectivity index (χ2v) is 5.60. The number of allylic oxidation sites excluding steroid dienone is 1. The van der Waals surface area contributed by atoms with Crippen molar-refractivity contribution in [3.8, 4) is 5.75 Å². The summed E-state index contributed by atoms with van der Waals surface area (Å²) < 4.78 is 5.37. The quantitative estimate of drug-likeness (QED) is 0.795. The molecule has 0 saturated carbocycles. The van der Waals surface area contributed by atoms with E-state index in [-0.39, 0.29) is 0 Å². The lowest BCUT2D eigenvalue weighted by Crippen LogP contribution is -2.23. The molecule has 1 aliphatic rings. The van der Waals surface area contributed by atoms with Crippen LogP contribution in [0.25, 0.3) is 0 Å². The molecule has 1 aromatic carbocycles. The number of nitrogens with one attached hydrogen (secondary N) is 1. The molecule has 2 heteroatoms. The van der Waals surface area contributed by atoms with Crippen LogP contribution in [-0.4, -0.2) is 13.7 Å². The molecule has 0 aromatic heterocycles. The zero-order chi connectivity index (χ0) is 14.4. The number of benzene rings is 1. The molecular formula is C18H27NO. The Balaban J connectivity index is 2.27. The summed E-state index contributed by atoms with van der Waals surface area (Å²) in [7, 11) is 1.73. The van der Waals surface area contributed by atoms with Gasteiger partial charge in [-0.2, -0.15) is 0 Å². The van der Waals surface area contributed by atoms with Gasteiger partial charge in [-0.15, -0.1) is 0 Å². The molecule has 2 rings (SSSR count). The average Bonchev–Trinajstić information content (AvgIpc) is 2.73. The molecule has 0 aliphatic heterocycles. The predicted octanol–water partition coefficient (Wildman–Crippen LogP) is 4.54. The molecule has 0 bridgehead atoms. The standard InChI is InChI=1S/C18H27NO/c1-4-19-18(15-9-7-5-6-8-10-15)16-11-12-17(20-3)14(2)13-16/h9,11-13,18-19H,4-8,10H2,1-3H3. The highest BCUT2D eigenvalue weighted by Crippen LogP contribution is 2.31. The molecule has 0 radical (unpaired) electrons. The van der Waals surface area contributed by atoms with E-state index in [0.29, 0.717) is 6.04 Å². The zero-order valence-electron chi connectivity index (χ0n) is 13.0. The lowest BCUT2D eigenvalue weighted by atomic mass is 9.94. The predicted molar refractivity (Wildman–Crippen MR) is 85.3 cm³/mol. The van der Waals surface area contributed by atoms with Gasteiger partial charge in [-0.3, -0.25) is 0 Å². The van der Waals surface area contributed by atoms with Gasteiger partial charge in [0.1, 0.15) is 5.75 Å². The third-order valence-electron chi connectivity index (χ3n) is 4.11. The van der Waals surface area contributed by atoms with Crippen LogP contribution in [-0.2, 0) is 0 Å². The molecular weight excluding hydrogens is 246 g/mol. The van der Waals surface area contributed by atoms with Crippen molar-refractivity contribution in [2.45, 2.75) is 52.0 Å². The Hall–Kier alpha value is -1.28. The molecule has 0 spiro atoms. The van der Waals surface area contributed by atoms with Crippen molar-refractivity contribution in [2.75, 3.05) is 13.7 Å². The van der Waals surface area contributed by atoms with Crippen molar-refractivity contribution in [1.29, 1.82) is 0 Å². The van der Waals surface area contributed by atoms with Gasteiger partial charge in [0.25, 0.3) is 0 Å². The van der Waals surface area contributed by atoms with Gasteiger partial charge in [-0.05, 0) is 56.3 Å². The highest BCUT2D eigenvalue weighted by atomic mass is 16.5. The van der Waals surface area contributed by atoms with Crippen LogP contribution in [0, 0.1) is 6.92 Å². The summed E-state index contributed by atoms with van der Waals surface area (Å²) in [4.78, 5) is 0. The van der Waals surface area contributed by atoms with E-state index in [9.17, 15) is 0 Å². The zero-order valence-corrected chi connectivity index (χ0v) is 13.0. The minimum Gasteiger partial charge on any atom is -0.496 e. The van der Waals surface area contributed by atoms with E-state index in [2.05, 4.69) is 43.4 Å². The van der Waals surface area contributed by atoms with Crippen molar-refractivity contribution in [1.82, 2.24) is 5.32 Å². The van der Waals surface area contributed by atoms with Gasteiger partial charge >= 0.3 is 0 Å². The fourth-order valence-electron chi connectivity index (χ4n) is 3.05. The SMILES string of the molecule is CCNC(C1=CCCCCC1)c1ccc(OC)c(C)c1. The van der Waals surface area contributed by atoms with Crippen LogP contribution < -0.4 is 10.1 Å². The fourth-order valence-corrected chi connectivity index (χ4v) is 3.05. The topological polar surface area (TPSA) is 21.3 Å². The van der Waals surface area contributed by atoms with E-state index >= 15 is 0 Å². The molecule has 110 valence electrons. The summed E-state index contributed by atoms with van der Waals surface area (Å²) >= 11 is 0. The first-order chi connectivity index (χ1) is 9.76. The van der Waals surface area contributed by atoms with Crippen molar-refractivity contribution >= 4 is 0 Å². The van der Waals surface area contributed by atoms with Crippen LogP contribution in [0.4, 0.5) is 0 Å². The van der Waals surface area contributed by atoms with Gasteiger partial charge in [0.2, 0.25) is 0 Å². The van der Waals surface area contributed by atoms with E-state index < -0.39 is 0 Å². The van der Waals surface area contributed by atoms with Crippen LogP contribution in [0.15, 0.2) is 29.8 Å². The van der Waals surface area contributed by atoms with E-state index in [0.717, 1.165) is 12.3 Å². The van der Waals surface area contributed by atoms with E-state index in [4.69, 9.17) is 4.74 Å². The number of hydrogen-bond acceptors (Lipinski definition) is 2. The maximum absolute atomic E-state index is 5.37. The second-order valence-electron chi connectivity index (χ2n) is 5.60. The lowest BCUT2D eigenvalue weighted by Gasteiger charge is -2.22. The van der Waals surface area contributed by atoms with Gasteiger partial charge in [0, 0.05) is 0 Å². The van der Waals surface area contributed by atoms with Gasteiger partial charge < -0.3 is 10.1 Å². The van der Waals surface area contributed by atoms with E-state index in [1.54, 1.807) is 12.7 Å². The van der Waals surface area contributed by atoms with Crippen LogP contribution in [0.2, 0.25) is 0 Å². The van der Waals surface area contributed by atoms with Gasteiger partial charge in [-0.1, -0.05) is 37.1 Å². The summed E-state index contributed by atoms with van der Waals surface area (Å²) in [5, 5.41) is 3.65. The molecule has 0 amide bonds. The van der Waals surface area contributed by atoms with Gasteiger partial charge in [-0.25, -0.2) is 0 Å². The number of methoxy groups -OCH3 is 1. The maximum Gasteiger partial charge on any atom is 0.121 e. The number of rotatable bonds is 5. The molecule has 0 saturated heterocycles. The Kier molecular flexibility index (Phi) is 5.66. The highest BCUT2D eigenvalue weighted by Gasteiger charge is 2.17. The Morgan fingerprint density at radius 3 is 2.80 bits per heavy atom. The summed E-state index contributed by atoms with van der Waals surface area (Å²) in [6.45, 7) is 5.29. The maximum atomic E-state index is 5.37. The third-order valence-corrected chi connectivity index (χ3v) is 4.11. The molecule has 1 unspecified atom stereocenters. The summed E-state index contributed by atoms with van der Waals surface area (Å²) in [5.41, 5.74) is 4.13. The molecule has 1 aromatic rings. The largest absolute Gasteiger partial charge is 0.496 e. The van der Waals surface area contributed by atoms with Gasteiger partial charge in [0.05, 0.1) is 13.2 Å².